The Labute approximate surface area is 172 Å². The summed E-state index contributed by atoms with van der Waals surface area (Å²) in [7, 11) is 0. The lowest BCUT2D eigenvalue weighted by atomic mass is 10.2. The molecule has 0 aliphatic carbocycles. The first-order valence-electron chi connectivity index (χ1n) is 9.23. The molecule has 2 aromatic heterocycles. The van der Waals surface area contributed by atoms with Crippen LogP contribution in [-0.2, 0) is 16.1 Å². The van der Waals surface area contributed by atoms with Gasteiger partial charge in [-0.2, -0.15) is 0 Å². The van der Waals surface area contributed by atoms with Crippen LogP contribution in [-0.4, -0.2) is 22.8 Å². The van der Waals surface area contributed by atoms with Crippen molar-refractivity contribution in [2.75, 3.05) is 5.32 Å². The molecule has 0 unspecified atom stereocenters. The first-order chi connectivity index (χ1) is 14.0. The van der Waals surface area contributed by atoms with E-state index in [1.807, 2.05) is 55.6 Å². The summed E-state index contributed by atoms with van der Waals surface area (Å²) in [5.41, 5.74) is 1.34. The van der Waals surface area contributed by atoms with Crippen molar-refractivity contribution in [1.82, 2.24) is 4.90 Å². The number of hydrogen-bond acceptors (Lipinski definition) is 6. The summed E-state index contributed by atoms with van der Waals surface area (Å²) in [5.74, 6) is 0.577. The second-order valence-corrected chi connectivity index (χ2v) is 7.77. The van der Waals surface area contributed by atoms with Crippen molar-refractivity contribution in [3.8, 4) is 5.75 Å². The predicted molar refractivity (Wildman–Crippen MR) is 111 cm³/mol. The maximum Gasteiger partial charge on any atom is 0.278 e. The molecule has 148 valence electrons. The number of hydrogen-bond donors (Lipinski definition) is 1. The van der Waals surface area contributed by atoms with Crippen molar-refractivity contribution >= 4 is 34.4 Å². The molecule has 4 rings (SSSR count). The smallest absolute Gasteiger partial charge is 0.278 e. The molecule has 3 heterocycles. The number of carbonyl (C=O) groups is 2. The van der Waals surface area contributed by atoms with E-state index in [9.17, 15) is 9.59 Å². The summed E-state index contributed by atoms with van der Waals surface area (Å²) in [6.45, 7) is 4.01. The summed E-state index contributed by atoms with van der Waals surface area (Å²) in [4.78, 5) is 28.1. The van der Waals surface area contributed by atoms with Gasteiger partial charge in [0.2, 0.25) is 0 Å². The van der Waals surface area contributed by atoms with E-state index in [1.54, 1.807) is 12.1 Å². The molecule has 2 amide bonds. The molecule has 3 aromatic rings. The maximum atomic E-state index is 13.1. The van der Waals surface area contributed by atoms with Crippen molar-refractivity contribution in [2.45, 2.75) is 26.5 Å². The predicted octanol–water partition coefficient (Wildman–Crippen LogP) is 4.52. The highest BCUT2D eigenvalue weighted by Crippen LogP contribution is 2.34. The van der Waals surface area contributed by atoms with E-state index >= 15 is 0 Å². The molecule has 0 spiro atoms. The molecule has 29 heavy (non-hydrogen) atoms. The number of nitrogens with zero attached hydrogens (tertiary/aromatic N) is 1. The van der Waals surface area contributed by atoms with E-state index < -0.39 is 0 Å². The van der Waals surface area contributed by atoms with Crippen LogP contribution in [0, 0.1) is 0 Å². The van der Waals surface area contributed by atoms with Gasteiger partial charge in [-0.3, -0.25) is 14.5 Å². The van der Waals surface area contributed by atoms with Crippen LogP contribution in [0.3, 0.4) is 0 Å². The largest absolute Gasteiger partial charge is 0.491 e. The second kappa shape index (κ2) is 7.97. The van der Waals surface area contributed by atoms with Gasteiger partial charge in [0.05, 0.1) is 24.5 Å². The van der Waals surface area contributed by atoms with Gasteiger partial charge < -0.3 is 14.5 Å². The van der Waals surface area contributed by atoms with E-state index in [4.69, 9.17) is 9.15 Å². The molecule has 0 atom stereocenters. The van der Waals surface area contributed by atoms with Crippen LogP contribution < -0.4 is 10.1 Å². The molecule has 7 heteroatoms. The molecule has 1 aliphatic heterocycles. The molecular formula is C22H20N2O4S. The number of thiophene rings is 1. The Hall–Kier alpha value is -3.32. The first kappa shape index (κ1) is 19.0. The Morgan fingerprint density at radius 3 is 2.48 bits per heavy atom. The van der Waals surface area contributed by atoms with E-state index in [0.717, 1.165) is 10.6 Å². The highest BCUT2D eigenvalue weighted by Gasteiger charge is 2.40. The molecule has 1 N–H and O–H groups in total. The lowest BCUT2D eigenvalue weighted by Crippen LogP contribution is -2.31. The van der Waals surface area contributed by atoms with Gasteiger partial charge in [0.25, 0.3) is 11.8 Å². The van der Waals surface area contributed by atoms with E-state index in [0.29, 0.717) is 17.0 Å². The Morgan fingerprint density at radius 2 is 1.86 bits per heavy atom. The SMILES string of the molecule is CC(C)Oc1ccc(NC2=C(c3cccs3)C(=O)N(Cc3ccco3)C2=O)cc1. The van der Waals surface area contributed by atoms with Crippen molar-refractivity contribution in [2.24, 2.45) is 0 Å². The number of furan rings is 1. The van der Waals surface area contributed by atoms with Gasteiger partial charge in [0.1, 0.15) is 17.2 Å². The second-order valence-electron chi connectivity index (χ2n) is 6.82. The number of amides is 2. The Morgan fingerprint density at radius 1 is 1.07 bits per heavy atom. The molecule has 1 aliphatic rings. The quantitative estimate of drug-likeness (QED) is 0.582. The van der Waals surface area contributed by atoms with Gasteiger partial charge in [-0.25, -0.2) is 0 Å². The molecule has 1 aromatic carbocycles. The number of benzene rings is 1. The van der Waals surface area contributed by atoms with Crippen LogP contribution >= 0.6 is 11.3 Å². The highest BCUT2D eigenvalue weighted by molar-refractivity contribution is 7.11. The summed E-state index contributed by atoms with van der Waals surface area (Å²) in [6.07, 6.45) is 1.60. The molecule has 0 saturated carbocycles. The van der Waals surface area contributed by atoms with Crippen LogP contribution in [0.2, 0.25) is 0 Å². The van der Waals surface area contributed by atoms with Gasteiger partial charge in [-0.15, -0.1) is 11.3 Å². The third-order valence-corrected chi connectivity index (χ3v) is 5.21. The van der Waals surface area contributed by atoms with Gasteiger partial charge in [0.15, 0.2) is 0 Å². The number of imide groups is 1. The van der Waals surface area contributed by atoms with E-state index in [2.05, 4.69) is 5.32 Å². The van der Waals surface area contributed by atoms with E-state index in [-0.39, 0.29) is 30.2 Å². The zero-order valence-electron chi connectivity index (χ0n) is 16.0. The number of nitrogens with one attached hydrogen (secondary N) is 1. The fraction of sp³-hybridized carbons (Fsp3) is 0.182. The molecule has 0 fully saturated rings. The number of rotatable bonds is 7. The minimum atomic E-state index is -0.377. The zero-order chi connectivity index (χ0) is 20.4. The molecule has 6 nitrogen and oxygen atoms in total. The molecule has 0 saturated heterocycles. The maximum absolute atomic E-state index is 13.1. The molecule has 0 radical (unpaired) electrons. The minimum Gasteiger partial charge on any atom is -0.491 e. The first-order valence-corrected chi connectivity index (χ1v) is 10.1. The topological polar surface area (TPSA) is 71.8 Å². The van der Waals surface area contributed by atoms with Crippen LogP contribution in [0.5, 0.6) is 5.75 Å². The lowest BCUT2D eigenvalue weighted by molar-refractivity contribution is -0.137. The highest BCUT2D eigenvalue weighted by atomic mass is 32.1. The average Bonchev–Trinajstić information content (AvgIpc) is 3.43. The fourth-order valence-corrected chi connectivity index (χ4v) is 3.84. The van der Waals surface area contributed by atoms with Crippen LogP contribution in [0.1, 0.15) is 24.5 Å². The fourth-order valence-electron chi connectivity index (χ4n) is 3.08. The van der Waals surface area contributed by atoms with Crippen molar-refractivity contribution in [3.63, 3.8) is 0 Å². The Balaban J connectivity index is 1.64. The minimum absolute atomic E-state index is 0.0751. The third-order valence-electron chi connectivity index (χ3n) is 4.33. The van der Waals surface area contributed by atoms with Crippen LogP contribution in [0.25, 0.3) is 5.57 Å². The molecular weight excluding hydrogens is 388 g/mol. The monoisotopic (exact) mass is 408 g/mol. The zero-order valence-corrected chi connectivity index (χ0v) is 16.9. The van der Waals surface area contributed by atoms with Gasteiger partial charge in [-0.05, 0) is 61.7 Å². The van der Waals surface area contributed by atoms with Gasteiger partial charge in [-0.1, -0.05) is 6.07 Å². The Kier molecular flexibility index (Phi) is 5.22. The average molecular weight is 408 g/mol. The summed E-state index contributed by atoms with van der Waals surface area (Å²) in [6, 6.07) is 14.5. The van der Waals surface area contributed by atoms with Gasteiger partial charge in [0, 0.05) is 10.6 Å². The van der Waals surface area contributed by atoms with Crippen LogP contribution in [0.15, 0.2) is 70.3 Å². The van der Waals surface area contributed by atoms with Crippen LogP contribution in [0.4, 0.5) is 5.69 Å². The van der Waals surface area contributed by atoms with Crippen molar-refractivity contribution in [3.05, 3.63) is 76.5 Å². The van der Waals surface area contributed by atoms with Crippen molar-refractivity contribution in [1.29, 1.82) is 0 Å². The van der Waals surface area contributed by atoms with Crippen molar-refractivity contribution < 1.29 is 18.7 Å². The summed E-state index contributed by atoms with van der Waals surface area (Å²) < 4.78 is 11.0. The van der Waals surface area contributed by atoms with E-state index in [1.165, 1.54) is 22.5 Å². The summed E-state index contributed by atoms with van der Waals surface area (Å²) in [5, 5.41) is 5.02. The Bertz CT molecular complexity index is 1040. The lowest BCUT2D eigenvalue weighted by Gasteiger charge is -2.14. The normalized spacial score (nSPS) is 14.2. The number of anilines is 1. The third kappa shape index (κ3) is 3.95. The number of ether oxygens (including phenoxy) is 1. The molecule has 0 bridgehead atoms. The summed E-state index contributed by atoms with van der Waals surface area (Å²) >= 11 is 1.42. The standard InChI is InChI=1S/C22H20N2O4S/c1-14(2)28-16-9-7-15(8-10-16)23-20-19(18-6-4-12-29-18)21(25)24(22(20)26)13-17-5-3-11-27-17/h3-12,14,23H,13H2,1-2H3. The van der Waals surface area contributed by atoms with Gasteiger partial charge >= 0.3 is 0 Å². The number of carbonyl (C=O) groups excluding carboxylic acids is 2.